The molecule has 1 fully saturated rings. The van der Waals surface area contributed by atoms with Crippen LogP contribution in [0.1, 0.15) is 0 Å². The Morgan fingerprint density at radius 3 is 2.63 bits per heavy atom. The Hall–Kier alpha value is -2.14. The first-order valence-electron chi connectivity index (χ1n) is 8.59. The van der Waals surface area contributed by atoms with Crippen molar-refractivity contribution >= 4 is 27.9 Å². The van der Waals surface area contributed by atoms with E-state index in [9.17, 15) is 12.8 Å². The zero-order chi connectivity index (χ0) is 19.0. The molecule has 0 unspecified atom stereocenters. The lowest BCUT2D eigenvalue weighted by atomic mass is 10.4. The van der Waals surface area contributed by atoms with Crippen molar-refractivity contribution in [3.63, 3.8) is 0 Å². The summed E-state index contributed by atoms with van der Waals surface area (Å²) < 4.78 is 44.4. The summed E-state index contributed by atoms with van der Waals surface area (Å²) in [5.41, 5.74) is 0.786. The van der Waals surface area contributed by atoms with Gasteiger partial charge in [-0.3, -0.25) is 4.40 Å². The summed E-state index contributed by atoms with van der Waals surface area (Å²) >= 11 is 5.46. The normalized spacial score (nSPS) is 16.8. The van der Waals surface area contributed by atoms with Gasteiger partial charge >= 0.3 is 0 Å². The van der Waals surface area contributed by atoms with E-state index in [1.807, 2.05) is 28.8 Å². The van der Waals surface area contributed by atoms with E-state index >= 15 is 0 Å². The van der Waals surface area contributed by atoms with Crippen LogP contribution < -0.4 is 4.90 Å². The van der Waals surface area contributed by atoms with E-state index in [1.54, 1.807) is 4.68 Å². The highest BCUT2D eigenvalue weighted by molar-refractivity contribution is 7.89. The molecule has 10 heteroatoms. The molecule has 1 aliphatic rings. The van der Waals surface area contributed by atoms with E-state index in [1.165, 1.54) is 27.4 Å². The first kappa shape index (κ1) is 18.2. The summed E-state index contributed by atoms with van der Waals surface area (Å²) in [4.78, 5) is 1.19. The molecule has 3 heterocycles. The monoisotopic (exact) mass is 408 g/mol. The molecule has 0 spiro atoms. The quantitative estimate of drug-likeness (QED) is 0.641. The summed E-state index contributed by atoms with van der Waals surface area (Å²) in [5, 5.41) is 4.51. The van der Waals surface area contributed by atoms with Crippen molar-refractivity contribution in [3.05, 3.63) is 59.2 Å². The van der Waals surface area contributed by atoms with E-state index in [4.69, 9.17) is 12.2 Å². The van der Waals surface area contributed by atoms with E-state index in [0.29, 0.717) is 37.6 Å². The van der Waals surface area contributed by atoms with Crippen molar-refractivity contribution in [1.29, 1.82) is 0 Å². The number of sulfonamides is 1. The van der Waals surface area contributed by atoms with Crippen molar-refractivity contribution < 1.29 is 17.7 Å². The first-order chi connectivity index (χ1) is 12.9. The van der Waals surface area contributed by atoms with Crippen LogP contribution in [0.15, 0.2) is 53.6 Å². The summed E-state index contributed by atoms with van der Waals surface area (Å²) in [6.45, 7) is 2.58. The second kappa shape index (κ2) is 7.12. The lowest BCUT2D eigenvalue weighted by molar-refractivity contribution is -0.926. The number of rotatable bonds is 4. The highest BCUT2D eigenvalue weighted by Crippen LogP contribution is 2.16. The molecule has 1 N–H and O–H groups in total. The Morgan fingerprint density at radius 2 is 1.93 bits per heavy atom. The zero-order valence-corrected chi connectivity index (χ0v) is 16.1. The fraction of sp³-hybridized carbons (Fsp3) is 0.294. The lowest BCUT2D eigenvalue weighted by Crippen LogP contribution is -3.14. The summed E-state index contributed by atoms with van der Waals surface area (Å²) in [7, 11) is -3.68. The van der Waals surface area contributed by atoms with Gasteiger partial charge in [-0.15, -0.1) is 5.10 Å². The molecular formula is C17H19FN5O2S2+. The second-order valence-electron chi connectivity index (χ2n) is 6.48. The second-order valence-corrected chi connectivity index (χ2v) is 8.78. The number of nitrogens with one attached hydrogen (secondary N) is 1. The molecule has 142 valence electrons. The highest BCUT2D eigenvalue weighted by Gasteiger charge is 2.30. The highest BCUT2D eigenvalue weighted by atomic mass is 32.2. The van der Waals surface area contributed by atoms with Crippen LogP contribution in [-0.2, 0) is 16.7 Å². The molecule has 0 bridgehead atoms. The Bertz CT molecular complexity index is 1130. The van der Waals surface area contributed by atoms with Crippen LogP contribution in [0.2, 0.25) is 0 Å². The maximum Gasteiger partial charge on any atom is 0.243 e. The topological polar surface area (TPSA) is 64.0 Å². The van der Waals surface area contributed by atoms with Gasteiger partial charge < -0.3 is 4.90 Å². The van der Waals surface area contributed by atoms with Crippen molar-refractivity contribution in [2.24, 2.45) is 0 Å². The molecule has 7 nitrogen and oxygen atoms in total. The van der Waals surface area contributed by atoms with Gasteiger partial charge in [-0.25, -0.2) is 12.8 Å². The van der Waals surface area contributed by atoms with E-state index in [-0.39, 0.29) is 4.90 Å². The molecule has 2 aromatic heterocycles. The number of hydrogen-bond donors (Lipinski definition) is 1. The van der Waals surface area contributed by atoms with Gasteiger partial charge in [0.15, 0.2) is 12.3 Å². The van der Waals surface area contributed by atoms with Crippen LogP contribution in [0.3, 0.4) is 0 Å². The molecule has 1 saturated heterocycles. The van der Waals surface area contributed by atoms with Crippen molar-refractivity contribution in [3.8, 4) is 0 Å². The van der Waals surface area contributed by atoms with Gasteiger partial charge in [0.2, 0.25) is 14.8 Å². The lowest BCUT2D eigenvalue weighted by Gasteiger charge is -2.31. The van der Waals surface area contributed by atoms with Gasteiger partial charge in [-0.2, -0.15) is 8.99 Å². The van der Waals surface area contributed by atoms with Crippen LogP contribution in [0.4, 0.5) is 4.39 Å². The smallest absolute Gasteiger partial charge is 0.243 e. The first-order valence-corrected chi connectivity index (χ1v) is 10.4. The average Bonchev–Trinajstić information content (AvgIpc) is 2.98. The summed E-state index contributed by atoms with van der Waals surface area (Å²) in [6, 6.07) is 10.8. The fourth-order valence-electron chi connectivity index (χ4n) is 3.26. The number of aromatic nitrogens is 3. The molecule has 4 rings (SSSR count). The minimum Gasteiger partial charge on any atom is -0.314 e. The standard InChI is InChI=1S/C17H18FN5O2S2/c18-14-4-3-5-15(12-14)27(24,25)21-10-8-20(9-11-21)13-23-17(26)22-7-2-1-6-16(22)19-23/h1-7,12H,8-11,13H2/p+1. The van der Waals surface area contributed by atoms with Crippen molar-refractivity contribution in [2.75, 3.05) is 26.2 Å². The van der Waals surface area contributed by atoms with Gasteiger partial charge in [0.1, 0.15) is 5.82 Å². The third-order valence-electron chi connectivity index (χ3n) is 4.73. The molecule has 1 aliphatic heterocycles. The van der Waals surface area contributed by atoms with Gasteiger partial charge in [0.05, 0.1) is 31.1 Å². The number of fused-ring (bicyclic) bond motifs is 1. The molecule has 3 aromatic rings. The molecule has 0 saturated carbocycles. The number of hydrogen-bond acceptors (Lipinski definition) is 4. The van der Waals surface area contributed by atoms with E-state index < -0.39 is 15.8 Å². The number of halogens is 1. The van der Waals surface area contributed by atoms with Crippen molar-refractivity contribution in [1.82, 2.24) is 18.5 Å². The zero-order valence-electron chi connectivity index (χ0n) is 14.5. The van der Waals surface area contributed by atoms with Crippen molar-refractivity contribution in [2.45, 2.75) is 11.6 Å². The average molecular weight is 409 g/mol. The number of piperazine rings is 1. The Kier molecular flexibility index (Phi) is 4.81. The molecule has 0 aliphatic carbocycles. The van der Waals surface area contributed by atoms with Crippen LogP contribution in [0.25, 0.3) is 5.65 Å². The van der Waals surface area contributed by atoms with E-state index in [2.05, 4.69) is 5.10 Å². The van der Waals surface area contributed by atoms with Gasteiger partial charge in [-0.1, -0.05) is 12.1 Å². The van der Waals surface area contributed by atoms with Crippen LogP contribution in [-0.4, -0.2) is 53.1 Å². The van der Waals surface area contributed by atoms with E-state index in [0.717, 1.165) is 11.7 Å². The largest absolute Gasteiger partial charge is 0.314 e. The molecule has 27 heavy (non-hydrogen) atoms. The third-order valence-corrected chi connectivity index (χ3v) is 7.03. The predicted molar refractivity (Wildman–Crippen MR) is 99.9 cm³/mol. The minimum atomic E-state index is -3.68. The minimum absolute atomic E-state index is 0.00600. The van der Waals surface area contributed by atoms with Crippen LogP contribution in [0.5, 0.6) is 0 Å². The van der Waals surface area contributed by atoms with Crippen LogP contribution in [0, 0.1) is 10.6 Å². The summed E-state index contributed by atoms with van der Waals surface area (Å²) in [5.74, 6) is -0.554. The molecular weight excluding hydrogens is 389 g/mol. The maximum atomic E-state index is 13.4. The Balaban J connectivity index is 1.46. The van der Waals surface area contributed by atoms with Gasteiger partial charge in [-0.05, 0) is 42.5 Å². The van der Waals surface area contributed by atoms with Crippen LogP contribution >= 0.6 is 12.2 Å². The molecule has 0 amide bonds. The summed E-state index contributed by atoms with van der Waals surface area (Å²) in [6.07, 6.45) is 1.88. The third kappa shape index (κ3) is 3.53. The van der Waals surface area contributed by atoms with Gasteiger partial charge in [0.25, 0.3) is 0 Å². The molecule has 0 radical (unpaired) electrons. The SMILES string of the molecule is O=S(=O)(c1cccc(F)c1)N1CC[NH+](Cn2nc3ccccn3c2=S)CC1. The Morgan fingerprint density at radius 1 is 1.15 bits per heavy atom. The maximum absolute atomic E-state index is 13.4. The fourth-order valence-corrected chi connectivity index (χ4v) is 4.99. The molecule has 0 atom stereocenters. The van der Waals surface area contributed by atoms with Gasteiger partial charge in [0, 0.05) is 6.20 Å². The number of nitrogens with zero attached hydrogens (tertiary/aromatic N) is 4. The Labute approximate surface area is 161 Å². The number of benzene rings is 1. The number of quaternary nitrogens is 1. The predicted octanol–water partition coefficient (Wildman–Crippen LogP) is 0.551. The number of pyridine rings is 1. The molecule has 1 aromatic carbocycles.